The fourth-order valence-corrected chi connectivity index (χ4v) is 1.91. The maximum Gasteiger partial charge on any atom is 0.226 e. The molecule has 0 bridgehead atoms. The summed E-state index contributed by atoms with van der Waals surface area (Å²) in [5.41, 5.74) is 1.77. The molecule has 0 amide bonds. The summed E-state index contributed by atoms with van der Waals surface area (Å²) < 4.78 is 26.1. The van der Waals surface area contributed by atoms with Gasteiger partial charge >= 0.3 is 0 Å². The standard InChI is InChI=1S/C13H12F2N6/c1-16-13-20-11(10-12(21-13)19-6-18-10)17-5-7-2-3-8(14)9(15)4-7/h2-4,6H,5H2,1H3,(H3,16,17,18,19,20,21). The Morgan fingerprint density at radius 3 is 2.81 bits per heavy atom. The van der Waals surface area contributed by atoms with Crippen LogP contribution < -0.4 is 10.6 Å². The molecule has 3 rings (SSSR count). The molecule has 0 fully saturated rings. The fourth-order valence-electron chi connectivity index (χ4n) is 1.91. The lowest BCUT2D eigenvalue weighted by Crippen LogP contribution is -2.06. The predicted molar refractivity (Wildman–Crippen MR) is 74.9 cm³/mol. The molecule has 3 N–H and O–H groups in total. The number of nitrogens with zero attached hydrogens (tertiary/aromatic N) is 3. The summed E-state index contributed by atoms with van der Waals surface area (Å²) in [5, 5.41) is 5.90. The van der Waals surface area contributed by atoms with E-state index in [1.54, 1.807) is 7.05 Å². The Labute approximate surface area is 118 Å². The van der Waals surface area contributed by atoms with Gasteiger partial charge in [0.05, 0.1) is 6.33 Å². The van der Waals surface area contributed by atoms with Crippen molar-refractivity contribution in [3.63, 3.8) is 0 Å². The molecule has 0 aliphatic heterocycles. The molecule has 1 aromatic carbocycles. The van der Waals surface area contributed by atoms with Gasteiger partial charge in [0.25, 0.3) is 0 Å². The van der Waals surface area contributed by atoms with Crippen LogP contribution in [0, 0.1) is 11.6 Å². The third-order valence-electron chi connectivity index (χ3n) is 2.95. The first kappa shape index (κ1) is 13.2. The van der Waals surface area contributed by atoms with E-state index in [9.17, 15) is 8.78 Å². The monoisotopic (exact) mass is 290 g/mol. The molecular weight excluding hydrogens is 278 g/mol. The minimum atomic E-state index is -0.875. The number of halogens is 2. The number of aromatic amines is 1. The van der Waals surface area contributed by atoms with Crippen molar-refractivity contribution in [3.05, 3.63) is 41.7 Å². The zero-order chi connectivity index (χ0) is 14.8. The van der Waals surface area contributed by atoms with Crippen LogP contribution in [0.4, 0.5) is 20.5 Å². The highest BCUT2D eigenvalue weighted by Gasteiger charge is 2.09. The van der Waals surface area contributed by atoms with E-state index < -0.39 is 11.6 Å². The SMILES string of the molecule is CNc1nc(NCc2ccc(F)c(F)c2)c2[nH]cnc2n1. The van der Waals surface area contributed by atoms with Crippen molar-refractivity contribution >= 4 is 22.9 Å². The van der Waals surface area contributed by atoms with Gasteiger partial charge in [-0.2, -0.15) is 9.97 Å². The maximum atomic E-state index is 13.2. The van der Waals surface area contributed by atoms with Crippen LogP contribution in [0.25, 0.3) is 11.2 Å². The van der Waals surface area contributed by atoms with E-state index >= 15 is 0 Å². The number of rotatable bonds is 4. The van der Waals surface area contributed by atoms with Crippen molar-refractivity contribution in [2.24, 2.45) is 0 Å². The number of imidazole rings is 1. The van der Waals surface area contributed by atoms with Crippen LogP contribution in [-0.4, -0.2) is 27.0 Å². The van der Waals surface area contributed by atoms with E-state index in [1.165, 1.54) is 12.4 Å². The van der Waals surface area contributed by atoms with E-state index in [0.29, 0.717) is 35.0 Å². The van der Waals surface area contributed by atoms with Gasteiger partial charge in [0.15, 0.2) is 23.1 Å². The molecule has 0 spiro atoms. The van der Waals surface area contributed by atoms with Crippen molar-refractivity contribution in [3.8, 4) is 0 Å². The van der Waals surface area contributed by atoms with Gasteiger partial charge in [0, 0.05) is 13.6 Å². The number of fused-ring (bicyclic) bond motifs is 1. The van der Waals surface area contributed by atoms with Crippen molar-refractivity contribution < 1.29 is 8.78 Å². The van der Waals surface area contributed by atoms with Gasteiger partial charge in [-0.25, -0.2) is 13.8 Å². The zero-order valence-electron chi connectivity index (χ0n) is 11.1. The number of nitrogens with one attached hydrogen (secondary N) is 3. The summed E-state index contributed by atoms with van der Waals surface area (Å²) >= 11 is 0. The Kier molecular flexibility index (Phi) is 3.35. The summed E-state index contributed by atoms with van der Waals surface area (Å²) in [7, 11) is 1.70. The van der Waals surface area contributed by atoms with E-state index in [1.807, 2.05) is 0 Å². The molecule has 2 aromatic heterocycles. The maximum absolute atomic E-state index is 13.2. The molecule has 6 nitrogen and oxygen atoms in total. The zero-order valence-corrected chi connectivity index (χ0v) is 11.1. The molecule has 2 heterocycles. The Balaban J connectivity index is 1.87. The van der Waals surface area contributed by atoms with Gasteiger partial charge < -0.3 is 15.6 Å². The molecule has 0 radical (unpaired) electrons. The average Bonchev–Trinajstić information content (AvgIpc) is 2.96. The molecular formula is C13H12F2N6. The van der Waals surface area contributed by atoms with Crippen LogP contribution in [0.3, 0.4) is 0 Å². The lowest BCUT2D eigenvalue weighted by atomic mass is 10.2. The smallest absolute Gasteiger partial charge is 0.226 e. The van der Waals surface area contributed by atoms with Gasteiger partial charge in [-0.15, -0.1) is 0 Å². The van der Waals surface area contributed by atoms with E-state index in [2.05, 4.69) is 30.6 Å². The van der Waals surface area contributed by atoms with Crippen molar-refractivity contribution in [2.45, 2.75) is 6.54 Å². The second kappa shape index (κ2) is 5.31. The van der Waals surface area contributed by atoms with Gasteiger partial charge in [-0.1, -0.05) is 6.07 Å². The fraction of sp³-hybridized carbons (Fsp3) is 0.154. The Hall–Kier alpha value is -2.77. The number of anilines is 2. The molecule has 8 heteroatoms. The van der Waals surface area contributed by atoms with Crippen LogP contribution >= 0.6 is 0 Å². The average molecular weight is 290 g/mol. The Bertz CT molecular complexity index is 785. The molecule has 3 aromatic rings. The Morgan fingerprint density at radius 1 is 1.19 bits per heavy atom. The molecule has 0 saturated heterocycles. The van der Waals surface area contributed by atoms with E-state index in [0.717, 1.165) is 12.1 Å². The number of H-pyrrole nitrogens is 1. The van der Waals surface area contributed by atoms with Crippen LogP contribution in [0.1, 0.15) is 5.56 Å². The highest BCUT2D eigenvalue weighted by atomic mass is 19.2. The number of benzene rings is 1. The number of hydrogen-bond donors (Lipinski definition) is 3. The van der Waals surface area contributed by atoms with Crippen molar-refractivity contribution in [1.82, 2.24) is 19.9 Å². The first-order valence-corrected chi connectivity index (χ1v) is 6.24. The molecule has 0 aliphatic carbocycles. The first-order valence-electron chi connectivity index (χ1n) is 6.24. The number of aromatic nitrogens is 4. The van der Waals surface area contributed by atoms with Gasteiger partial charge in [-0.3, -0.25) is 0 Å². The molecule has 0 saturated carbocycles. The largest absolute Gasteiger partial charge is 0.364 e. The number of hydrogen-bond acceptors (Lipinski definition) is 5. The molecule has 0 aliphatic rings. The summed E-state index contributed by atoms with van der Waals surface area (Å²) in [5.74, 6) is -0.789. The molecule has 0 unspecified atom stereocenters. The van der Waals surface area contributed by atoms with Crippen molar-refractivity contribution in [2.75, 3.05) is 17.7 Å². The third kappa shape index (κ3) is 2.60. The molecule has 21 heavy (non-hydrogen) atoms. The van der Waals surface area contributed by atoms with E-state index in [-0.39, 0.29) is 0 Å². The summed E-state index contributed by atoms with van der Waals surface area (Å²) in [4.78, 5) is 15.5. The lowest BCUT2D eigenvalue weighted by Gasteiger charge is -2.08. The van der Waals surface area contributed by atoms with Crippen LogP contribution in [0.2, 0.25) is 0 Å². The second-order valence-corrected chi connectivity index (χ2v) is 4.35. The second-order valence-electron chi connectivity index (χ2n) is 4.35. The Morgan fingerprint density at radius 2 is 2.05 bits per heavy atom. The van der Waals surface area contributed by atoms with Gasteiger partial charge in [-0.05, 0) is 17.7 Å². The van der Waals surface area contributed by atoms with Crippen LogP contribution in [0.5, 0.6) is 0 Å². The van der Waals surface area contributed by atoms with Crippen LogP contribution in [0.15, 0.2) is 24.5 Å². The predicted octanol–water partition coefficient (Wildman–Crippen LogP) is 2.28. The third-order valence-corrected chi connectivity index (χ3v) is 2.95. The van der Waals surface area contributed by atoms with Crippen molar-refractivity contribution in [1.29, 1.82) is 0 Å². The summed E-state index contributed by atoms with van der Waals surface area (Å²) in [6, 6.07) is 3.75. The summed E-state index contributed by atoms with van der Waals surface area (Å²) in [6.07, 6.45) is 1.52. The summed E-state index contributed by atoms with van der Waals surface area (Å²) in [6.45, 7) is 0.297. The first-order chi connectivity index (χ1) is 10.2. The van der Waals surface area contributed by atoms with Gasteiger partial charge in [0.1, 0.15) is 5.52 Å². The minimum Gasteiger partial charge on any atom is -0.364 e. The highest BCUT2D eigenvalue weighted by Crippen LogP contribution is 2.19. The quantitative estimate of drug-likeness (QED) is 0.687. The molecule has 0 atom stereocenters. The topological polar surface area (TPSA) is 78.5 Å². The van der Waals surface area contributed by atoms with E-state index in [4.69, 9.17) is 0 Å². The minimum absolute atomic E-state index is 0.297. The van der Waals surface area contributed by atoms with Crippen LogP contribution in [-0.2, 0) is 6.54 Å². The normalized spacial score (nSPS) is 10.8. The molecule has 108 valence electrons. The lowest BCUT2D eigenvalue weighted by molar-refractivity contribution is 0.507. The highest BCUT2D eigenvalue weighted by molar-refractivity contribution is 5.83. The van der Waals surface area contributed by atoms with Gasteiger partial charge in [0.2, 0.25) is 5.95 Å².